The van der Waals surface area contributed by atoms with E-state index < -0.39 is 0 Å². The summed E-state index contributed by atoms with van der Waals surface area (Å²) >= 11 is 0. The summed E-state index contributed by atoms with van der Waals surface area (Å²) in [5.41, 5.74) is 2.66. The molecule has 0 aromatic heterocycles. The average molecular weight is 386 g/mol. The van der Waals surface area contributed by atoms with Crippen LogP contribution in [0.5, 0.6) is 0 Å². The summed E-state index contributed by atoms with van der Waals surface area (Å²) in [5, 5.41) is 2.93. The molecule has 6 heteroatoms. The topological polar surface area (TPSA) is 53.9 Å². The molecule has 0 spiro atoms. The quantitative estimate of drug-likeness (QED) is 0.693. The first kappa shape index (κ1) is 21.6. The molecule has 0 heterocycles. The molecule has 0 fully saturated rings. The van der Waals surface area contributed by atoms with Crippen molar-refractivity contribution < 1.29 is 18.9 Å². The molecule has 0 saturated heterocycles. The van der Waals surface area contributed by atoms with Crippen LogP contribution >= 0.6 is 0 Å². The average Bonchev–Trinajstić information content (AvgIpc) is 2.65. The molecule has 150 valence electrons. The Labute approximate surface area is 166 Å². The Hall–Kier alpha value is -2.73. The van der Waals surface area contributed by atoms with Gasteiger partial charge in [-0.25, -0.2) is 4.39 Å². The second-order valence-corrected chi connectivity index (χ2v) is 7.09. The minimum absolute atomic E-state index is 0.0449. The molecule has 0 radical (unpaired) electrons. The van der Waals surface area contributed by atoms with Gasteiger partial charge in [0.25, 0.3) is 11.8 Å². The van der Waals surface area contributed by atoms with Gasteiger partial charge in [-0.2, -0.15) is 0 Å². The molecular formula is C22H29FN3O2+. The number of aryl methyl sites for hydroxylation is 1. The Morgan fingerprint density at radius 1 is 1.07 bits per heavy atom. The molecule has 0 aliphatic rings. The molecule has 5 nitrogen and oxygen atoms in total. The van der Waals surface area contributed by atoms with Crippen molar-refractivity contribution in [3.63, 3.8) is 0 Å². The molecule has 0 aliphatic carbocycles. The molecule has 0 bridgehead atoms. The van der Waals surface area contributed by atoms with Crippen LogP contribution in [0.25, 0.3) is 0 Å². The van der Waals surface area contributed by atoms with Crippen LogP contribution in [0.4, 0.5) is 10.1 Å². The van der Waals surface area contributed by atoms with Gasteiger partial charge in [0.1, 0.15) is 5.82 Å². The van der Waals surface area contributed by atoms with Gasteiger partial charge in [0, 0.05) is 19.3 Å². The van der Waals surface area contributed by atoms with Crippen molar-refractivity contribution in [1.29, 1.82) is 0 Å². The van der Waals surface area contributed by atoms with Gasteiger partial charge in [-0.1, -0.05) is 37.3 Å². The standard InChI is InChI=1S/C22H28FN3O2/c1-4-13-26(15-21(27)24-20-8-6-5-7-17(20)2)16-22(28)25(3)14-18-9-11-19(23)12-10-18/h5-12H,4,13-16H2,1-3H3,(H,24,27)/p+1. The van der Waals surface area contributed by atoms with E-state index in [-0.39, 0.29) is 30.7 Å². The van der Waals surface area contributed by atoms with E-state index in [9.17, 15) is 14.0 Å². The van der Waals surface area contributed by atoms with Crippen molar-refractivity contribution in [3.8, 4) is 0 Å². The number of hydrogen-bond donors (Lipinski definition) is 2. The van der Waals surface area contributed by atoms with Crippen molar-refractivity contribution >= 4 is 17.5 Å². The Morgan fingerprint density at radius 2 is 1.75 bits per heavy atom. The fourth-order valence-corrected chi connectivity index (χ4v) is 3.03. The Kier molecular flexibility index (Phi) is 8.14. The van der Waals surface area contributed by atoms with Crippen LogP contribution in [0.15, 0.2) is 48.5 Å². The summed E-state index contributed by atoms with van der Waals surface area (Å²) in [4.78, 5) is 27.6. The van der Waals surface area contributed by atoms with E-state index in [0.717, 1.165) is 34.7 Å². The zero-order valence-electron chi connectivity index (χ0n) is 16.8. The molecule has 28 heavy (non-hydrogen) atoms. The van der Waals surface area contributed by atoms with Gasteiger partial charge in [-0.05, 0) is 42.7 Å². The molecule has 0 aliphatic heterocycles. The number of halogens is 1. The SMILES string of the molecule is CCC[NH+](CC(=O)Nc1ccccc1C)CC(=O)N(C)Cc1ccc(F)cc1. The third-order valence-corrected chi connectivity index (χ3v) is 4.59. The number of nitrogens with zero attached hydrogens (tertiary/aromatic N) is 1. The summed E-state index contributed by atoms with van der Waals surface area (Å²) in [7, 11) is 1.72. The van der Waals surface area contributed by atoms with E-state index in [4.69, 9.17) is 0 Å². The minimum Gasteiger partial charge on any atom is -0.337 e. The summed E-state index contributed by atoms with van der Waals surface area (Å²) in [6, 6.07) is 13.7. The fourth-order valence-electron chi connectivity index (χ4n) is 3.03. The summed E-state index contributed by atoms with van der Waals surface area (Å²) in [5.74, 6) is -0.445. The number of carbonyl (C=O) groups is 2. The second-order valence-electron chi connectivity index (χ2n) is 7.09. The van der Waals surface area contributed by atoms with Crippen LogP contribution < -0.4 is 10.2 Å². The van der Waals surface area contributed by atoms with Gasteiger partial charge >= 0.3 is 0 Å². The van der Waals surface area contributed by atoms with E-state index in [0.29, 0.717) is 6.54 Å². The number of benzene rings is 2. The summed E-state index contributed by atoms with van der Waals surface area (Å²) in [6.45, 7) is 5.60. The van der Waals surface area contributed by atoms with Gasteiger partial charge in [0.2, 0.25) is 0 Å². The van der Waals surface area contributed by atoms with E-state index >= 15 is 0 Å². The predicted molar refractivity (Wildman–Crippen MR) is 109 cm³/mol. The Bertz CT molecular complexity index is 793. The first-order valence-electron chi connectivity index (χ1n) is 9.56. The maximum Gasteiger partial charge on any atom is 0.279 e. The van der Waals surface area contributed by atoms with Crippen LogP contribution in [0.1, 0.15) is 24.5 Å². The lowest BCUT2D eigenvalue weighted by molar-refractivity contribution is -0.883. The van der Waals surface area contributed by atoms with E-state index in [2.05, 4.69) is 5.32 Å². The smallest absolute Gasteiger partial charge is 0.279 e. The number of quaternary nitrogens is 1. The molecule has 2 amide bonds. The van der Waals surface area contributed by atoms with E-state index in [1.54, 1.807) is 24.1 Å². The van der Waals surface area contributed by atoms with Crippen LogP contribution in [0.3, 0.4) is 0 Å². The van der Waals surface area contributed by atoms with Crippen LogP contribution in [-0.2, 0) is 16.1 Å². The molecule has 0 saturated carbocycles. The van der Waals surface area contributed by atoms with E-state index in [1.165, 1.54) is 12.1 Å². The molecule has 2 aromatic rings. The second kappa shape index (κ2) is 10.6. The van der Waals surface area contributed by atoms with Gasteiger partial charge < -0.3 is 15.1 Å². The maximum absolute atomic E-state index is 13.0. The lowest BCUT2D eigenvalue weighted by Gasteiger charge is -2.22. The zero-order valence-corrected chi connectivity index (χ0v) is 16.8. The number of anilines is 1. The van der Waals surface area contributed by atoms with Gasteiger partial charge in [-0.15, -0.1) is 0 Å². The van der Waals surface area contributed by atoms with Gasteiger partial charge in [0.15, 0.2) is 13.1 Å². The molecule has 1 unspecified atom stereocenters. The van der Waals surface area contributed by atoms with Crippen molar-refractivity contribution in [2.75, 3.05) is 32.0 Å². The Balaban J connectivity index is 1.91. The highest BCUT2D eigenvalue weighted by Gasteiger charge is 2.20. The highest BCUT2D eigenvalue weighted by Crippen LogP contribution is 2.12. The summed E-state index contributed by atoms with van der Waals surface area (Å²) in [6.07, 6.45) is 0.877. The largest absolute Gasteiger partial charge is 0.337 e. The molecule has 2 aromatic carbocycles. The zero-order chi connectivity index (χ0) is 20.5. The normalized spacial score (nSPS) is 11.7. The van der Waals surface area contributed by atoms with Gasteiger partial charge in [0.05, 0.1) is 6.54 Å². The third kappa shape index (κ3) is 6.78. The Morgan fingerprint density at radius 3 is 2.39 bits per heavy atom. The molecular weight excluding hydrogens is 357 g/mol. The minimum atomic E-state index is -0.295. The van der Waals surface area contributed by atoms with Crippen molar-refractivity contribution in [1.82, 2.24) is 4.90 Å². The monoisotopic (exact) mass is 386 g/mol. The number of carbonyl (C=O) groups excluding carboxylic acids is 2. The highest BCUT2D eigenvalue weighted by atomic mass is 19.1. The molecule has 2 N–H and O–H groups in total. The number of nitrogens with one attached hydrogen (secondary N) is 2. The number of likely N-dealkylation sites (N-methyl/N-ethyl adjacent to an activating group) is 1. The highest BCUT2D eigenvalue weighted by molar-refractivity contribution is 5.92. The van der Waals surface area contributed by atoms with Crippen LogP contribution in [-0.4, -0.2) is 43.4 Å². The number of amides is 2. The van der Waals surface area contributed by atoms with Gasteiger partial charge in [-0.3, -0.25) is 9.59 Å². The fraction of sp³-hybridized carbons (Fsp3) is 0.364. The maximum atomic E-state index is 13.0. The number of para-hydroxylation sites is 1. The first-order chi connectivity index (χ1) is 13.4. The third-order valence-electron chi connectivity index (χ3n) is 4.59. The predicted octanol–water partition coefficient (Wildman–Crippen LogP) is 2.03. The van der Waals surface area contributed by atoms with Crippen molar-refractivity contribution in [2.24, 2.45) is 0 Å². The van der Waals surface area contributed by atoms with E-state index in [1.807, 2.05) is 38.1 Å². The van der Waals surface area contributed by atoms with Crippen molar-refractivity contribution in [3.05, 3.63) is 65.5 Å². The van der Waals surface area contributed by atoms with Crippen molar-refractivity contribution in [2.45, 2.75) is 26.8 Å². The molecule has 2 rings (SSSR count). The first-order valence-corrected chi connectivity index (χ1v) is 9.56. The lowest BCUT2D eigenvalue weighted by atomic mass is 10.2. The lowest BCUT2D eigenvalue weighted by Crippen LogP contribution is -3.14. The molecule has 1 atom stereocenters. The number of rotatable bonds is 9. The van der Waals surface area contributed by atoms with Crippen LogP contribution in [0, 0.1) is 12.7 Å². The summed E-state index contributed by atoms with van der Waals surface area (Å²) < 4.78 is 13.0. The van der Waals surface area contributed by atoms with Crippen LogP contribution in [0.2, 0.25) is 0 Å². The number of hydrogen-bond acceptors (Lipinski definition) is 2.